The molecule has 6 heteroatoms. The Bertz CT molecular complexity index is 921. The second-order valence-corrected chi connectivity index (χ2v) is 7.57. The highest BCUT2D eigenvalue weighted by molar-refractivity contribution is 8.27. The number of carbonyl (C=O) groups excluding carboxylic acids is 1. The molecule has 0 radical (unpaired) electrons. The first kappa shape index (κ1) is 18.5. The topological polar surface area (TPSA) is 38.8 Å². The summed E-state index contributed by atoms with van der Waals surface area (Å²) in [5.41, 5.74) is 3.69. The van der Waals surface area contributed by atoms with Crippen LogP contribution in [-0.4, -0.2) is 24.4 Å². The molecule has 0 aliphatic carbocycles. The molecule has 4 nitrogen and oxygen atoms in total. The predicted molar refractivity (Wildman–Crippen MR) is 111 cm³/mol. The zero-order chi connectivity index (χ0) is 18.8. The summed E-state index contributed by atoms with van der Waals surface area (Å²) in [6.07, 6.45) is 1.80. The zero-order valence-electron chi connectivity index (χ0n) is 15.0. The van der Waals surface area contributed by atoms with Gasteiger partial charge in [0.2, 0.25) is 0 Å². The molecule has 0 N–H and O–H groups in total. The quantitative estimate of drug-likeness (QED) is 0.562. The summed E-state index contributed by atoms with van der Waals surface area (Å²) >= 11 is 6.77. The Morgan fingerprint density at radius 3 is 2.58 bits per heavy atom. The molecule has 26 heavy (non-hydrogen) atoms. The number of hydrogen-bond donors (Lipinski definition) is 0. The average Bonchev–Trinajstić information content (AvgIpc) is 2.90. The van der Waals surface area contributed by atoms with Crippen LogP contribution in [0.4, 0.5) is 5.69 Å². The molecule has 1 fully saturated rings. The number of nitrogens with zero attached hydrogens (tertiary/aromatic N) is 1. The highest BCUT2D eigenvalue weighted by Gasteiger charge is 2.34. The molecule has 0 bridgehead atoms. The lowest BCUT2D eigenvalue weighted by Crippen LogP contribution is -2.28. The number of ether oxygens (including phenoxy) is 2. The van der Waals surface area contributed by atoms with E-state index in [1.807, 2.05) is 50.2 Å². The van der Waals surface area contributed by atoms with E-state index < -0.39 is 0 Å². The Hall–Kier alpha value is -2.31. The lowest BCUT2D eigenvalue weighted by atomic mass is 10.1. The summed E-state index contributed by atoms with van der Waals surface area (Å²) in [7, 11) is 3.16. The van der Waals surface area contributed by atoms with Gasteiger partial charge >= 0.3 is 0 Å². The average molecular weight is 386 g/mol. The largest absolute Gasteiger partial charge is 0.493 e. The number of thiocarbonyl (C=S) groups is 1. The standard InChI is InChI=1S/C20H19NO3S2/c1-12-8-9-13(2)15(10-12)21-19(22)17(26-20(21)25)11-14-6-5-7-16(23-3)18(14)24-4/h5-11H,1-4H3/b17-11-. The first-order valence-corrected chi connectivity index (χ1v) is 9.25. The number of benzene rings is 2. The van der Waals surface area contributed by atoms with Gasteiger partial charge < -0.3 is 9.47 Å². The Morgan fingerprint density at radius 1 is 1.12 bits per heavy atom. The van der Waals surface area contributed by atoms with Crippen LogP contribution in [0.2, 0.25) is 0 Å². The van der Waals surface area contributed by atoms with Gasteiger partial charge in [-0.15, -0.1) is 0 Å². The molecule has 3 rings (SSSR count). The van der Waals surface area contributed by atoms with Crippen molar-refractivity contribution in [1.82, 2.24) is 0 Å². The SMILES string of the molecule is COc1cccc(/C=C2\SC(=S)N(c3cc(C)ccc3C)C2=O)c1OC. The van der Waals surface area contributed by atoms with Gasteiger partial charge in [-0.2, -0.15) is 0 Å². The van der Waals surface area contributed by atoms with Crippen molar-refractivity contribution in [3.05, 3.63) is 58.0 Å². The van der Waals surface area contributed by atoms with Gasteiger partial charge in [-0.1, -0.05) is 48.2 Å². The molecular weight excluding hydrogens is 366 g/mol. The first-order valence-electron chi connectivity index (χ1n) is 8.02. The Labute approximate surface area is 162 Å². The van der Waals surface area contributed by atoms with Crippen molar-refractivity contribution in [2.45, 2.75) is 13.8 Å². The summed E-state index contributed by atoms with van der Waals surface area (Å²) in [5.74, 6) is 1.08. The van der Waals surface area contributed by atoms with Crippen LogP contribution in [0.25, 0.3) is 6.08 Å². The van der Waals surface area contributed by atoms with Crippen molar-refractivity contribution in [1.29, 1.82) is 0 Å². The maximum atomic E-state index is 13.0. The molecule has 0 atom stereocenters. The minimum absolute atomic E-state index is 0.126. The van der Waals surface area contributed by atoms with E-state index in [0.29, 0.717) is 20.7 Å². The summed E-state index contributed by atoms with van der Waals surface area (Å²) in [6.45, 7) is 3.97. The summed E-state index contributed by atoms with van der Waals surface area (Å²) < 4.78 is 11.3. The second kappa shape index (κ2) is 7.51. The Morgan fingerprint density at radius 2 is 1.88 bits per heavy atom. The van der Waals surface area contributed by atoms with E-state index in [4.69, 9.17) is 21.7 Å². The molecule has 0 saturated carbocycles. The summed E-state index contributed by atoms with van der Waals surface area (Å²) in [6, 6.07) is 11.6. The fourth-order valence-electron chi connectivity index (χ4n) is 2.80. The summed E-state index contributed by atoms with van der Waals surface area (Å²) in [5, 5.41) is 0. The number of aryl methyl sites for hydroxylation is 2. The van der Waals surface area contributed by atoms with Gasteiger partial charge in [-0.3, -0.25) is 9.69 Å². The van der Waals surface area contributed by atoms with Crippen LogP contribution in [-0.2, 0) is 4.79 Å². The van der Waals surface area contributed by atoms with Gasteiger partial charge in [-0.25, -0.2) is 0 Å². The fourth-order valence-corrected chi connectivity index (χ4v) is 4.08. The first-order chi connectivity index (χ1) is 12.5. The van der Waals surface area contributed by atoms with E-state index in [1.165, 1.54) is 11.8 Å². The smallest absolute Gasteiger partial charge is 0.270 e. The van der Waals surface area contributed by atoms with Crippen molar-refractivity contribution >= 4 is 46.0 Å². The number of hydrogen-bond acceptors (Lipinski definition) is 5. The van der Waals surface area contributed by atoms with Gasteiger partial charge in [0.15, 0.2) is 15.8 Å². The molecular formula is C20H19NO3S2. The number of anilines is 1. The third kappa shape index (κ3) is 3.34. The molecule has 134 valence electrons. The van der Waals surface area contributed by atoms with Crippen molar-refractivity contribution < 1.29 is 14.3 Å². The van der Waals surface area contributed by atoms with E-state index in [0.717, 1.165) is 22.4 Å². The molecule has 1 heterocycles. The predicted octanol–water partition coefficient (Wildman–Crippen LogP) is 4.73. The van der Waals surface area contributed by atoms with E-state index in [1.54, 1.807) is 25.2 Å². The molecule has 2 aromatic carbocycles. The molecule has 0 unspecified atom stereocenters. The minimum Gasteiger partial charge on any atom is -0.493 e. The molecule has 1 saturated heterocycles. The molecule has 0 spiro atoms. The van der Waals surface area contributed by atoms with Gasteiger partial charge in [0.25, 0.3) is 5.91 Å². The minimum atomic E-state index is -0.126. The van der Waals surface area contributed by atoms with Crippen LogP contribution in [0.1, 0.15) is 16.7 Å². The second-order valence-electron chi connectivity index (χ2n) is 5.89. The third-order valence-corrected chi connectivity index (χ3v) is 5.42. The van der Waals surface area contributed by atoms with Gasteiger partial charge in [-0.05, 0) is 43.2 Å². The number of thioether (sulfide) groups is 1. The van der Waals surface area contributed by atoms with Gasteiger partial charge in [0.05, 0.1) is 24.8 Å². The lowest BCUT2D eigenvalue weighted by Gasteiger charge is -2.17. The highest BCUT2D eigenvalue weighted by Crippen LogP contribution is 2.40. The number of methoxy groups -OCH3 is 2. The maximum absolute atomic E-state index is 13.0. The number of amides is 1. The molecule has 2 aromatic rings. The number of carbonyl (C=O) groups is 1. The number of rotatable bonds is 4. The molecule has 1 aliphatic heterocycles. The third-order valence-electron chi connectivity index (χ3n) is 4.12. The van der Waals surface area contributed by atoms with Crippen molar-refractivity contribution in [3.63, 3.8) is 0 Å². The van der Waals surface area contributed by atoms with Gasteiger partial charge in [0, 0.05) is 5.56 Å². The van der Waals surface area contributed by atoms with E-state index in [2.05, 4.69) is 0 Å². The monoisotopic (exact) mass is 385 g/mol. The van der Waals surface area contributed by atoms with Crippen LogP contribution >= 0.6 is 24.0 Å². The van der Waals surface area contributed by atoms with Crippen LogP contribution < -0.4 is 14.4 Å². The van der Waals surface area contributed by atoms with Crippen molar-refractivity contribution in [2.75, 3.05) is 19.1 Å². The van der Waals surface area contributed by atoms with Crippen LogP contribution in [0.15, 0.2) is 41.3 Å². The Kier molecular flexibility index (Phi) is 5.34. The van der Waals surface area contributed by atoms with Gasteiger partial charge in [0.1, 0.15) is 0 Å². The molecule has 1 aliphatic rings. The normalized spacial score (nSPS) is 15.7. The number of para-hydroxylation sites is 1. The fraction of sp³-hybridized carbons (Fsp3) is 0.200. The zero-order valence-corrected chi connectivity index (χ0v) is 16.7. The summed E-state index contributed by atoms with van der Waals surface area (Å²) in [4.78, 5) is 15.2. The Balaban J connectivity index is 2.02. The van der Waals surface area contributed by atoms with E-state index in [9.17, 15) is 4.79 Å². The van der Waals surface area contributed by atoms with Crippen LogP contribution in [0.5, 0.6) is 11.5 Å². The van der Waals surface area contributed by atoms with Crippen molar-refractivity contribution in [2.24, 2.45) is 0 Å². The van der Waals surface area contributed by atoms with Crippen LogP contribution in [0.3, 0.4) is 0 Å². The molecule has 0 aromatic heterocycles. The van der Waals surface area contributed by atoms with Crippen LogP contribution in [0, 0.1) is 13.8 Å². The lowest BCUT2D eigenvalue weighted by molar-refractivity contribution is -0.113. The highest BCUT2D eigenvalue weighted by atomic mass is 32.2. The van der Waals surface area contributed by atoms with E-state index in [-0.39, 0.29) is 5.91 Å². The van der Waals surface area contributed by atoms with Crippen molar-refractivity contribution in [3.8, 4) is 11.5 Å². The maximum Gasteiger partial charge on any atom is 0.270 e. The van der Waals surface area contributed by atoms with E-state index >= 15 is 0 Å². The molecule has 1 amide bonds.